The van der Waals surface area contributed by atoms with E-state index in [1.165, 1.54) is 12.1 Å². The lowest BCUT2D eigenvalue weighted by molar-refractivity contribution is -0.137. The fraction of sp³-hybridized carbons (Fsp3) is 0.433. The van der Waals surface area contributed by atoms with Crippen LogP contribution in [0.4, 0.5) is 18.0 Å². The van der Waals surface area contributed by atoms with Crippen LogP contribution in [-0.2, 0) is 32.7 Å². The third-order valence-corrected chi connectivity index (χ3v) is 8.94. The van der Waals surface area contributed by atoms with Gasteiger partial charge in [-0.05, 0) is 50.1 Å². The molecule has 0 aliphatic carbocycles. The number of carbonyl (C=O) groups excluding carboxylic acids is 1. The van der Waals surface area contributed by atoms with E-state index in [0.717, 1.165) is 73.3 Å². The Morgan fingerprint density at radius 2 is 1.69 bits per heavy atom. The van der Waals surface area contributed by atoms with Gasteiger partial charge in [0, 0.05) is 62.5 Å². The molecule has 1 fully saturated rings. The van der Waals surface area contributed by atoms with Crippen LogP contribution in [0.15, 0.2) is 53.3 Å². The number of thiol groups is 1. The standard InChI is InChI=1S/C30H33F3N6O2S/c1-35-25-5-2-3-6-26(25)39(28(35)40)22-11-16-36(17-12-22)14-4-15-38-24-13-18-37(29(41)42)19-23(24)27(34-38)20-7-9-21(10-8-20)30(31,32)33/h2-3,5-10,22H,4,11-19H2,1H3,(H,41,42). The Morgan fingerprint density at radius 3 is 2.36 bits per heavy atom. The fourth-order valence-corrected chi connectivity index (χ4v) is 6.58. The van der Waals surface area contributed by atoms with Crippen molar-refractivity contribution in [2.24, 2.45) is 7.05 Å². The zero-order valence-electron chi connectivity index (χ0n) is 23.3. The van der Waals surface area contributed by atoms with Crippen molar-refractivity contribution < 1.29 is 18.0 Å². The minimum Gasteiger partial charge on any atom is -0.329 e. The van der Waals surface area contributed by atoms with Crippen molar-refractivity contribution in [2.45, 2.75) is 51.0 Å². The van der Waals surface area contributed by atoms with Crippen LogP contribution in [0.25, 0.3) is 22.3 Å². The number of para-hydroxylation sites is 2. The summed E-state index contributed by atoms with van der Waals surface area (Å²) in [5, 5.41) is 4.50. The number of amides is 1. The van der Waals surface area contributed by atoms with E-state index in [2.05, 4.69) is 17.5 Å². The molecule has 6 rings (SSSR count). The number of fused-ring (bicyclic) bond motifs is 2. The second-order valence-electron chi connectivity index (χ2n) is 11.2. The SMILES string of the molecule is Cn1c(=O)n(C2CCN(CCCn3nc(-c4ccc(C(F)(F)F)cc4)c4c3CCN(C(=O)S)C4)CC2)c2ccccc21. The lowest BCUT2D eigenvalue weighted by atomic mass is 10.00. The van der Waals surface area contributed by atoms with E-state index in [9.17, 15) is 22.8 Å². The number of piperidine rings is 1. The van der Waals surface area contributed by atoms with Gasteiger partial charge in [-0.15, -0.1) is 0 Å². The van der Waals surface area contributed by atoms with E-state index in [4.69, 9.17) is 5.10 Å². The van der Waals surface area contributed by atoms with Crippen molar-refractivity contribution in [3.05, 3.63) is 75.8 Å². The Labute approximate surface area is 246 Å². The van der Waals surface area contributed by atoms with Gasteiger partial charge in [-0.1, -0.05) is 36.9 Å². The number of nitrogens with zero attached hydrogens (tertiary/aromatic N) is 6. The maximum absolute atomic E-state index is 13.1. The largest absolute Gasteiger partial charge is 0.416 e. The van der Waals surface area contributed by atoms with Gasteiger partial charge in [0.25, 0.3) is 5.24 Å². The molecule has 0 radical (unpaired) electrons. The molecular weight excluding hydrogens is 565 g/mol. The van der Waals surface area contributed by atoms with E-state index in [0.29, 0.717) is 37.3 Å². The molecule has 0 atom stereocenters. The van der Waals surface area contributed by atoms with Gasteiger partial charge in [0.15, 0.2) is 0 Å². The highest BCUT2D eigenvalue weighted by Gasteiger charge is 2.31. The normalized spacial score (nSPS) is 16.7. The van der Waals surface area contributed by atoms with Crippen molar-refractivity contribution in [1.29, 1.82) is 0 Å². The van der Waals surface area contributed by atoms with Crippen LogP contribution in [0.1, 0.15) is 42.1 Å². The van der Waals surface area contributed by atoms with Crippen molar-refractivity contribution in [1.82, 2.24) is 28.7 Å². The molecule has 1 saturated heterocycles. The Kier molecular flexibility index (Phi) is 7.69. The highest BCUT2D eigenvalue weighted by molar-refractivity contribution is 7.96. The highest BCUT2D eigenvalue weighted by atomic mass is 32.1. The predicted octanol–water partition coefficient (Wildman–Crippen LogP) is 5.36. The number of alkyl halides is 3. The first-order valence-electron chi connectivity index (χ1n) is 14.2. The summed E-state index contributed by atoms with van der Waals surface area (Å²) in [7, 11) is 1.82. The molecule has 0 unspecified atom stereocenters. The van der Waals surface area contributed by atoms with Gasteiger partial charge >= 0.3 is 11.9 Å². The molecular formula is C30H33F3N6O2S. The molecule has 222 valence electrons. The van der Waals surface area contributed by atoms with Crippen LogP contribution >= 0.6 is 12.6 Å². The monoisotopic (exact) mass is 598 g/mol. The highest BCUT2D eigenvalue weighted by Crippen LogP contribution is 2.34. The van der Waals surface area contributed by atoms with Crippen molar-refractivity contribution in [3.63, 3.8) is 0 Å². The molecule has 4 aromatic rings. The van der Waals surface area contributed by atoms with Crippen molar-refractivity contribution >= 4 is 28.9 Å². The number of hydrogen-bond donors (Lipinski definition) is 1. The number of aryl methyl sites for hydroxylation is 2. The summed E-state index contributed by atoms with van der Waals surface area (Å²) in [4.78, 5) is 29.0. The number of aromatic nitrogens is 4. The van der Waals surface area contributed by atoms with Gasteiger partial charge in [0.1, 0.15) is 0 Å². The summed E-state index contributed by atoms with van der Waals surface area (Å²) >= 11 is 3.98. The molecule has 4 heterocycles. The molecule has 0 N–H and O–H groups in total. The molecule has 2 aliphatic rings. The molecule has 8 nitrogen and oxygen atoms in total. The molecule has 42 heavy (non-hydrogen) atoms. The summed E-state index contributed by atoms with van der Waals surface area (Å²) in [6.07, 6.45) is -1.14. The number of halogens is 3. The molecule has 0 bridgehead atoms. The smallest absolute Gasteiger partial charge is 0.329 e. The summed E-state index contributed by atoms with van der Waals surface area (Å²) in [5.74, 6) is 0. The van der Waals surface area contributed by atoms with Gasteiger partial charge in [-0.3, -0.25) is 18.6 Å². The van der Waals surface area contributed by atoms with Gasteiger partial charge < -0.3 is 9.80 Å². The third kappa shape index (κ3) is 5.37. The Hall–Kier alpha value is -3.51. The first-order chi connectivity index (χ1) is 20.1. The first kappa shape index (κ1) is 28.6. The van der Waals surface area contributed by atoms with Crippen LogP contribution in [0.3, 0.4) is 0 Å². The van der Waals surface area contributed by atoms with E-state index >= 15 is 0 Å². The number of carbonyl (C=O) groups is 1. The average molecular weight is 599 g/mol. The Morgan fingerprint density at radius 1 is 1.00 bits per heavy atom. The number of rotatable bonds is 6. The van der Waals surface area contributed by atoms with Gasteiger partial charge in [0.2, 0.25) is 0 Å². The van der Waals surface area contributed by atoms with Crippen LogP contribution in [0, 0.1) is 0 Å². The second-order valence-corrected chi connectivity index (χ2v) is 11.5. The van der Waals surface area contributed by atoms with E-state index in [1.807, 2.05) is 40.6 Å². The fourth-order valence-electron chi connectivity index (χ4n) is 6.41. The quantitative estimate of drug-likeness (QED) is 0.304. The Balaban J connectivity index is 1.13. The summed E-state index contributed by atoms with van der Waals surface area (Å²) in [5.41, 5.74) is 4.34. The minimum atomic E-state index is -4.41. The molecule has 2 aromatic heterocycles. The summed E-state index contributed by atoms with van der Waals surface area (Å²) in [6.45, 7) is 4.19. The van der Waals surface area contributed by atoms with Crippen LogP contribution < -0.4 is 5.69 Å². The molecule has 0 spiro atoms. The predicted molar refractivity (Wildman–Crippen MR) is 158 cm³/mol. The number of benzene rings is 2. The van der Waals surface area contributed by atoms with Crippen LogP contribution in [0.5, 0.6) is 0 Å². The zero-order valence-corrected chi connectivity index (χ0v) is 24.2. The van der Waals surface area contributed by atoms with Gasteiger partial charge in [-0.2, -0.15) is 18.3 Å². The van der Waals surface area contributed by atoms with E-state index in [1.54, 1.807) is 9.47 Å². The zero-order chi connectivity index (χ0) is 29.6. The van der Waals surface area contributed by atoms with Gasteiger partial charge in [0.05, 0.1) is 28.8 Å². The molecule has 0 saturated carbocycles. The van der Waals surface area contributed by atoms with Crippen molar-refractivity contribution in [3.8, 4) is 11.3 Å². The Bertz CT molecular complexity index is 1670. The molecule has 2 aliphatic heterocycles. The van der Waals surface area contributed by atoms with E-state index in [-0.39, 0.29) is 17.0 Å². The van der Waals surface area contributed by atoms with Crippen LogP contribution in [-0.4, -0.2) is 60.1 Å². The molecule has 12 heteroatoms. The van der Waals surface area contributed by atoms with Crippen LogP contribution in [0.2, 0.25) is 0 Å². The number of imidazole rings is 1. The minimum absolute atomic E-state index is 0.0279. The first-order valence-corrected chi connectivity index (χ1v) is 14.7. The van der Waals surface area contributed by atoms with E-state index < -0.39 is 11.7 Å². The molecule has 2 aromatic carbocycles. The lowest BCUT2D eigenvalue weighted by Crippen LogP contribution is -2.38. The topological polar surface area (TPSA) is 68.3 Å². The average Bonchev–Trinajstić information content (AvgIpc) is 3.47. The third-order valence-electron chi connectivity index (χ3n) is 8.65. The number of likely N-dealkylation sites (tertiary alicyclic amines) is 1. The summed E-state index contributed by atoms with van der Waals surface area (Å²) in [6, 6.07) is 13.1. The number of hydrogen-bond acceptors (Lipinski definition) is 4. The lowest BCUT2D eigenvalue weighted by Gasteiger charge is -2.32. The summed E-state index contributed by atoms with van der Waals surface area (Å²) < 4.78 is 45.0. The maximum Gasteiger partial charge on any atom is 0.416 e. The molecule has 1 amide bonds. The van der Waals surface area contributed by atoms with Gasteiger partial charge in [-0.25, -0.2) is 4.79 Å². The maximum atomic E-state index is 13.1. The van der Waals surface area contributed by atoms with Crippen molar-refractivity contribution in [2.75, 3.05) is 26.2 Å². The second kappa shape index (κ2) is 11.3.